The average Bonchev–Trinajstić information content (AvgIpc) is 2.72. The van der Waals surface area contributed by atoms with Gasteiger partial charge in [-0.15, -0.1) is 0 Å². The summed E-state index contributed by atoms with van der Waals surface area (Å²) in [5.74, 6) is 2.69. The first-order valence-corrected chi connectivity index (χ1v) is 11.2. The van der Waals surface area contributed by atoms with E-state index >= 15 is 0 Å². The van der Waals surface area contributed by atoms with Crippen molar-refractivity contribution in [2.24, 2.45) is 17.8 Å². The van der Waals surface area contributed by atoms with E-state index in [1.165, 1.54) is 69.9 Å². The van der Waals surface area contributed by atoms with Crippen molar-refractivity contribution in [2.45, 2.75) is 70.6 Å². The minimum Gasteiger partial charge on any atom is -0.207 e. The lowest BCUT2D eigenvalue weighted by Crippen LogP contribution is -2.30. The van der Waals surface area contributed by atoms with Gasteiger partial charge in [0.15, 0.2) is 0 Å². The van der Waals surface area contributed by atoms with Gasteiger partial charge in [0.2, 0.25) is 0 Å². The Morgan fingerprint density at radius 2 is 1.61 bits per heavy atom. The molecule has 0 aliphatic heterocycles. The number of rotatable bonds is 5. The monoisotopic (exact) mass is 382 g/mol. The summed E-state index contributed by atoms with van der Waals surface area (Å²) >= 11 is 0. The molecule has 4 rings (SSSR count). The Kier molecular flexibility index (Phi) is 6.13. The van der Waals surface area contributed by atoms with Gasteiger partial charge in [0, 0.05) is 5.56 Å². The van der Waals surface area contributed by atoms with Crippen molar-refractivity contribution in [3.8, 4) is 11.1 Å². The number of unbranched alkanes of at least 4 members (excludes halogenated alkanes) is 1. The second-order valence-corrected chi connectivity index (χ2v) is 9.10. The topological polar surface area (TPSA) is 0 Å². The molecule has 2 fully saturated rings. The van der Waals surface area contributed by atoms with Crippen LogP contribution in [0.15, 0.2) is 42.5 Å². The van der Waals surface area contributed by atoms with Crippen LogP contribution in [0.2, 0.25) is 0 Å². The predicted octanol–water partition coefficient (Wildman–Crippen LogP) is 8.12. The van der Waals surface area contributed by atoms with Crippen molar-refractivity contribution < 1.29 is 8.78 Å². The van der Waals surface area contributed by atoms with Crippen LogP contribution in [0, 0.1) is 29.4 Å². The normalized spacial score (nSPS) is 27.4. The highest BCUT2D eigenvalue weighted by Crippen LogP contribution is 2.48. The van der Waals surface area contributed by atoms with E-state index in [9.17, 15) is 8.78 Å². The highest BCUT2D eigenvalue weighted by molar-refractivity contribution is 5.64. The zero-order valence-corrected chi connectivity index (χ0v) is 17.0. The zero-order chi connectivity index (χ0) is 19.5. The molecule has 1 unspecified atom stereocenters. The van der Waals surface area contributed by atoms with Gasteiger partial charge in [-0.25, -0.2) is 8.78 Å². The first-order chi connectivity index (χ1) is 13.6. The van der Waals surface area contributed by atoms with Gasteiger partial charge in [-0.3, -0.25) is 0 Å². The lowest BCUT2D eigenvalue weighted by molar-refractivity contribution is 0.113. The first-order valence-electron chi connectivity index (χ1n) is 11.2. The average molecular weight is 383 g/mol. The van der Waals surface area contributed by atoms with Gasteiger partial charge in [0.25, 0.3) is 0 Å². The molecule has 2 heteroatoms. The van der Waals surface area contributed by atoms with E-state index in [0.29, 0.717) is 11.5 Å². The Labute approximate surface area is 168 Å². The molecule has 0 saturated heterocycles. The minimum atomic E-state index is -0.290. The van der Waals surface area contributed by atoms with Gasteiger partial charge in [0.1, 0.15) is 11.6 Å². The summed E-state index contributed by atoms with van der Waals surface area (Å²) in [7, 11) is 0. The molecule has 0 nitrogen and oxygen atoms in total. The summed E-state index contributed by atoms with van der Waals surface area (Å²) in [6, 6.07) is 11.8. The Morgan fingerprint density at radius 3 is 2.36 bits per heavy atom. The molecule has 0 radical (unpaired) electrons. The van der Waals surface area contributed by atoms with Crippen molar-refractivity contribution in [2.75, 3.05) is 0 Å². The molecular weight excluding hydrogens is 350 g/mol. The van der Waals surface area contributed by atoms with E-state index in [1.807, 2.05) is 6.07 Å². The fraction of sp³-hybridized carbons (Fsp3) is 0.538. The molecular formula is C26H32F2. The van der Waals surface area contributed by atoms with Crippen LogP contribution < -0.4 is 0 Å². The quantitative estimate of drug-likeness (QED) is 0.490. The molecule has 4 atom stereocenters. The van der Waals surface area contributed by atoms with Crippen LogP contribution in [0.3, 0.4) is 0 Å². The van der Waals surface area contributed by atoms with Gasteiger partial charge >= 0.3 is 0 Å². The van der Waals surface area contributed by atoms with Gasteiger partial charge in [0.05, 0.1) is 0 Å². The minimum absolute atomic E-state index is 0.186. The van der Waals surface area contributed by atoms with Gasteiger partial charge in [-0.05, 0) is 85.1 Å². The van der Waals surface area contributed by atoms with E-state index in [1.54, 1.807) is 18.2 Å². The van der Waals surface area contributed by atoms with Crippen LogP contribution in [0.25, 0.3) is 11.1 Å². The van der Waals surface area contributed by atoms with E-state index < -0.39 is 0 Å². The zero-order valence-electron chi connectivity index (χ0n) is 17.0. The third kappa shape index (κ3) is 4.31. The maximum absolute atomic E-state index is 14.8. The molecule has 0 heterocycles. The van der Waals surface area contributed by atoms with Crippen molar-refractivity contribution in [3.05, 3.63) is 59.7 Å². The largest absolute Gasteiger partial charge is 0.207 e. The maximum atomic E-state index is 14.8. The van der Waals surface area contributed by atoms with E-state index in [2.05, 4.69) is 13.0 Å². The summed E-state index contributed by atoms with van der Waals surface area (Å²) < 4.78 is 27.9. The fourth-order valence-corrected chi connectivity index (χ4v) is 5.69. The maximum Gasteiger partial charge on any atom is 0.131 e. The molecule has 0 bridgehead atoms. The van der Waals surface area contributed by atoms with Gasteiger partial charge in [-0.1, -0.05) is 56.9 Å². The molecule has 2 aliphatic rings. The summed E-state index contributed by atoms with van der Waals surface area (Å²) in [4.78, 5) is 0. The molecule has 2 saturated carbocycles. The van der Waals surface area contributed by atoms with Gasteiger partial charge in [-0.2, -0.15) is 0 Å². The first kappa shape index (κ1) is 19.6. The van der Waals surface area contributed by atoms with Crippen molar-refractivity contribution >= 4 is 0 Å². The Hall–Kier alpha value is -1.70. The van der Waals surface area contributed by atoms with Gasteiger partial charge < -0.3 is 0 Å². The summed E-state index contributed by atoms with van der Waals surface area (Å²) in [6.45, 7) is 2.29. The third-order valence-corrected chi connectivity index (χ3v) is 7.31. The summed E-state index contributed by atoms with van der Waals surface area (Å²) in [6.07, 6.45) is 12.0. The molecule has 0 spiro atoms. The molecule has 150 valence electrons. The van der Waals surface area contributed by atoms with Crippen LogP contribution in [0.5, 0.6) is 0 Å². The number of hydrogen-bond donors (Lipinski definition) is 0. The second kappa shape index (κ2) is 8.76. The van der Waals surface area contributed by atoms with Crippen LogP contribution in [0.1, 0.15) is 76.2 Å². The number of halogens is 2. The summed E-state index contributed by atoms with van der Waals surface area (Å²) in [5, 5.41) is 0. The van der Waals surface area contributed by atoms with E-state index in [4.69, 9.17) is 0 Å². The van der Waals surface area contributed by atoms with E-state index in [-0.39, 0.29) is 11.6 Å². The SMILES string of the molecule is CCCCC1CC[C@@H]2C[C@H](c3ccc(-c4ccc(F)cc4)c(F)c3)CC[C@@H]2C1. The predicted molar refractivity (Wildman–Crippen MR) is 112 cm³/mol. The molecule has 2 aromatic carbocycles. The molecule has 28 heavy (non-hydrogen) atoms. The Balaban J connectivity index is 1.42. The Morgan fingerprint density at radius 1 is 0.857 bits per heavy atom. The lowest BCUT2D eigenvalue weighted by atomic mass is 9.63. The molecule has 0 N–H and O–H groups in total. The third-order valence-electron chi connectivity index (χ3n) is 7.31. The molecule has 2 aliphatic carbocycles. The van der Waals surface area contributed by atoms with Crippen molar-refractivity contribution in [1.82, 2.24) is 0 Å². The van der Waals surface area contributed by atoms with E-state index in [0.717, 1.165) is 28.9 Å². The van der Waals surface area contributed by atoms with Crippen molar-refractivity contribution in [1.29, 1.82) is 0 Å². The number of fused-ring (bicyclic) bond motifs is 1. The fourth-order valence-electron chi connectivity index (χ4n) is 5.69. The molecule has 0 amide bonds. The summed E-state index contributed by atoms with van der Waals surface area (Å²) in [5.41, 5.74) is 2.45. The standard InChI is InChI=1S/C26H32F2/c1-2-3-4-18-5-6-21-16-22(8-7-20(21)15-18)23-11-14-25(26(28)17-23)19-9-12-24(27)13-10-19/h9-14,17-18,20-22H,2-8,15-16H2,1H3/t18?,20-,21-,22-/m1/s1. The van der Waals surface area contributed by atoms with Crippen LogP contribution >= 0.6 is 0 Å². The van der Waals surface area contributed by atoms with Crippen LogP contribution in [-0.4, -0.2) is 0 Å². The smallest absolute Gasteiger partial charge is 0.131 e. The van der Waals surface area contributed by atoms with Crippen LogP contribution in [0.4, 0.5) is 8.78 Å². The van der Waals surface area contributed by atoms with Crippen LogP contribution in [-0.2, 0) is 0 Å². The van der Waals surface area contributed by atoms with Crippen molar-refractivity contribution in [3.63, 3.8) is 0 Å². The highest BCUT2D eigenvalue weighted by Gasteiger charge is 2.35. The molecule has 0 aromatic heterocycles. The second-order valence-electron chi connectivity index (χ2n) is 9.10. The molecule has 2 aromatic rings. The lowest BCUT2D eigenvalue weighted by Gasteiger charge is -2.42. The highest BCUT2D eigenvalue weighted by atomic mass is 19.1. The Bertz CT molecular complexity index is 780. The number of hydrogen-bond acceptors (Lipinski definition) is 0. The number of benzene rings is 2.